The summed E-state index contributed by atoms with van der Waals surface area (Å²) < 4.78 is 7.56. The van der Waals surface area contributed by atoms with Crippen LogP contribution >= 0.6 is 0 Å². The molecule has 3 aromatic heterocycles. The highest BCUT2D eigenvalue weighted by Gasteiger charge is 2.28. The summed E-state index contributed by atoms with van der Waals surface area (Å²) in [5, 5.41) is 7.35. The molecule has 0 aromatic carbocycles. The van der Waals surface area contributed by atoms with Crippen LogP contribution in [-0.2, 0) is 18.3 Å². The molecule has 192 valence electrons. The molecular formula is C28H33N7O2. The number of nitrogens with one attached hydrogen (secondary N) is 2. The normalized spacial score (nSPS) is 18.0. The third-order valence-corrected chi connectivity index (χ3v) is 6.91. The molecule has 5 rings (SSSR count). The molecule has 0 bridgehead atoms. The van der Waals surface area contributed by atoms with Gasteiger partial charge in [-0.05, 0) is 51.2 Å². The molecule has 0 radical (unpaired) electrons. The van der Waals surface area contributed by atoms with Gasteiger partial charge in [-0.15, -0.1) is 0 Å². The smallest absolute Gasteiger partial charge is 0.254 e. The molecule has 0 aliphatic carbocycles. The highest BCUT2D eigenvalue weighted by molar-refractivity contribution is 6.07. The van der Waals surface area contributed by atoms with Crippen LogP contribution in [0, 0.1) is 5.92 Å². The number of rotatable bonds is 8. The number of ether oxygens (including phenoxy) is 1. The second kappa shape index (κ2) is 10.3. The lowest BCUT2D eigenvalue weighted by Crippen LogP contribution is -2.26. The van der Waals surface area contributed by atoms with Gasteiger partial charge in [0.25, 0.3) is 5.91 Å². The maximum atomic E-state index is 13.0. The lowest BCUT2D eigenvalue weighted by atomic mass is 9.95. The first-order valence-corrected chi connectivity index (χ1v) is 12.5. The molecule has 0 saturated carbocycles. The standard InChI is InChI=1S/C28H33N7O2/c1-6-24(33-23(15-34(3)4)17(2)18-9-12-37-16-18)32-22-14-30-26(21-13-31-28(36)25(21)22)19-7-10-29-27-20(19)8-11-35(27)5/h6-8,10-11,14,18,32H,2,9,12-13,15-16H2,1,3-5H3,(H,31,36)/b24-6-,33-23?/t18-/m1/s1. The van der Waals surface area contributed by atoms with Gasteiger partial charge in [0, 0.05) is 61.6 Å². The molecule has 3 aromatic rings. The van der Waals surface area contributed by atoms with Crippen molar-refractivity contribution in [2.45, 2.75) is 19.9 Å². The van der Waals surface area contributed by atoms with Gasteiger partial charge in [-0.3, -0.25) is 9.78 Å². The van der Waals surface area contributed by atoms with Gasteiger partial charge in [0.1, 0.15) is 11.5 Å². The Morgan fingerprint density at radius 3 is 2.95 bits per heavy atom. The quantitative estimate of drug-likeness (QED) is 0.459. The summed E-state index contributed by atoms with van der Waals surface area (Å²) in [4.78, 5) is 29.3. The SMILES string of the molecule is C=C(C(CN(C)C)=N/C(=C\C)Nc1cnc(-c2ccnc3c2ccn3C)c2c1C(=O)NC2)[C@@H]1CCOC1. The van der Waals surface area contributed by atoms with Gasteiger partial charge in [-0.1, -0.05) is 6.58 Å². The average molecular weight is 500 g/mol. The highest BCUT2D eigenvalue weighted by Crippen LogP contribution is 2.35. The maximum Gasteiger partial charge on any atom is 0.254 e. The van der Waals surface area contributed by atoms with E-state index < -0.39 is 0 Å². The predicted molar refractivity (Wildman–Crippen MR) is 147 cm³/mol. The maximum absolute atomic E-state index is 13.0. The summed E-state index contributed by atoms with van der Waals surface area (Å²) in [6.45, 7) is 8.77. The van der Waals surface area contributed by atoms with E-state index in [2.05, 4.69) is 27.1 Å². The second-order valence-electron chi connectivity index (χ2n) is 9.76. The lowest BCUT2D eigenvalue weighted by Gasteiger charge is -2.19. The molecule has 9 nitrogen and oxygen atoms in total. The fraction of sp³-hybridized carbons (Fsp3) is 0.357. The largest absolute Gasteiger partial charge is 0.381 e. The number of carbonyl (C=O) groups excluding carboxylic acids is 1. The molecular weight excluding hydrogens is 466 g/mol. The van der Waals surface area contributed by atoms with Crippen molar-refractivity contribution in [2.24, 2.45) is 18.0 Å². The number of aryl methyl sites for hydroxylation is 1. The van der Waals surface area contributed by atoms with E-state index in [1.165, 1.54) is 0 Å². The molecule has 1 fully saturated rings. The van der Waals surface area contributed by atoms with E-state index >= 15 is 0 Å². The van der Waals surface area contributed by atoms with Crippen LogP contribution in [0.25, 0.3) is 22.3 Å². The van der Waals surface area contributed by atoms with Gasteiger partial charge in [-0.2, -0.15) is 0 Å². The number of pyridine rings is 2. The zero-order valence-electron chi connectivity index (χ0n) is 21.8. The first-order valence-electron chi connectivity index (χ1n) is 12.5. The molecule has 5 heterocycles. The van der Waals surface area contributed by atoms with Gasteiger partial charge < -0.3 is 24.8 Å². The van der Waals surface area contributed by atoms with Crippen LogP contribution in [0.3, 0.4) is 0 Å². The first kappa shape index (κ1) is 24.9. The van der Waals surface area contributed by atoms with E-state index in [9.17, 15) is 4.79 Å². The van der Waals surface area contributed by atoms with Gasteiger partial charge in [0.05, 0.1) is 35.5 Å². The number of aromatic nitrogens is 3. The summed E-state index contributed by atoms with van der Waals surface area (Å²) in [5.41, 5.74) is 6.60. The summed E-state index contributed by atoms with van der Waals surface area (Å²) in [6, 6.07) is 3.98. The van der Waals surface area contributed by atoms with Crippen molar-refractivity contribution in [1.82, 2.24) is 24.8 Å². The second-order valence-corrected chi connectivity index (χ2v) is 9.76. The van der Waals surface area contributed by atoms with Crippen molar-refractivity contribution in [1.29, 1.82) is 0 Å². The van der Waals surface area contributed by atoms with Crippen LogP contribution in [0.1, 0.15) is 29.3 Å². The fourth-order valence-electron chi connectivity index (χ4n) is 4.94. The Hall–Kier alpha value is -3.82. The van der Waals surface area contributed by atoms with Gasteiger partial charge in [0.2, 0.25) is 0 Å². The molecule has 0 unspecified atom stereocenters. The zero-order chi connectivity index (χ0) is 26.1. The topological polar surface area (TPSA) is 96.7 Å². The third kappa shape index (κ3) is 4.80. The fourth-order valence-corrected chi connectivity index (χ4v) is 4.94. The number of amides is 1. The molecule has 1 saturated heterocycles. The first-order chi connectivity index (χ1) is 17.9. The number of fused-ring (bicyclic) bond motifs is 2. The Balaban J connectivity index is 1.51. The Bertz CT molecular complexity index is 1430. The average Bonchev–Trinajstić information content (AvgIpc) is 3.64. The Labute approximate surface area is 217 Å². The number of aliphatic imine (C=N–C) groups is 1. The molecule has 1 amide bonds. The minimum atomic E-state index is -0.125. The molecule has 0 spiro atoms. The van der Waals surface area contributed by atoms with E-state index in [0.717, 1.165) is 52.2 Å². The van der Waals surface area contributed by atoms with Gasteiger partial charge >= 0.3 is 0 Å². The number of carbonyl (C=O) groups is 1. The van der Waals surface area contributed by atoms with Gasteiger partial charge in [-0.25, -0.2) is 9.98 Å². The van der Waals surface area contributed by atoms with Crippen LogP contribution in [0.15, 0.2) is 59.8 Å². The molecule has 9 heteroatoms. The highest BCUT2D eigenvalue weighted by atomic mass is 16.5. The number of allylic oxidation sites excluding steroid dienone is 1. The zero-order valence-corrected chi connectivity index (χ0v) is 21.8. The van der Waals surface area contributed by atoms with Crippen LogP contribution in [0.2, 0.25) is 0 Å². The number of nitrogens with zero attached hydrogens (tertiary/aromatic N) is 5. The number of hydrogen-bond donors (Lipinski definition) is 2. The molecule has 1 atom stereocenters. The van der Waals surface area contributed by atoms with Gasteiger partial charge in [0.15, 0.2) is 0 Å². The predicted octanol–water partition coefficient (Wildman–Crippen LogP) is 3.75. The minimum absolute atomic E-state index is 0.125. The van der Waals surface area contributed by atoms with Crippen molar-refractivity contribution in [3.63, 3.8) is 0 Å². The number of anilines is 1. The van der Waals surface area contributed by atoms with Crippen LogP contribution < -0.4 is 10.6 Å². The van der Waals surface area contributed by atoms with Crippen LogP contribution in [-0.4, -0.2) is 64.9 Å². The van der Waals surface area contributed by atoms with Crippen molar-refractivity contribution < 1.29 is 9.53 Å². The Morgan fingerprint density at radius 2 is 2.22 bits per heavy atom. The monoisotopic (exact) mass is 499 g/mol. The number of hydrogen-bond acceptors (Lipinski definition) is 7. The summed E-state index contributed by atoms with van der Waals surface area (Å²) in [5.74, 6) is 0.783. The van der Waals surface area contributed by atoms with E-state index in [1.54, 1.807) is 12.4 Å². The summed E-state index contributed by atoms with van der Waals surface area (Å²) in [6.07, 6.45) is 8.33. The molecule has 2 N–H and O–H groups in total. The minimum Gasteiger partial charge on any atom is -0.381 e. The summed E-state index contributed by atoms with van der Waals surface area (Å²) in [7, 11) is 5.99. The van der Waals surface area contributed by atoms with E-state index in [4.69, 9.17) is 14.7 Å². The molecule has 2 aliphatic heterocycles. The van der Waals surface area contributed by atoms with Crippen molar-refractivity contribution in [3.8, 4) is 11.3 Å². The Kier molecular flexibility index (Phi) is 6.90. The third-order valence-electron chi connectivity index (χ3n) is 6.91. The van der Waals surface area contributed by atoms with Crippen molar-refractivity contribution in [3.05, 3.63) is 65.9 Å². The Morgan fingerprint density at radius 1 is 1.38 bits per heavy atom. The van der Waals surface area contributed by atoms with E-state index in [0.29, 0.717) is 36.8 Å². The lowest BCUT2D eigenvalue weighted by molar-refractivity contribution is 0.0966. The van der Waals surface area contributed by atoms with Crippen molar-refractivity contribution >= 4 is 28.3 Å². The van der Waals surface area contributed by atoms with Crippen LogP contribution in [0.5, 0.6) is 0 Å². The molecule has 37 heavy (non-hydrogen) atoms. The van der Waals surface area contributed by atoms with Crippen LogP contribution in [0.4, 0.5) is 5.69 Å². The summed E-state index contributed by atoms with van der Waals surface area (Å²) >= 11 is 0. The van der Waals surface area contributed by atoms with E-state index in [1.807, 2.05) is 57.0 Å². The molecule has 2 aliphatic rings. The van der Waals surface area contributed by atoms with Crippen molar-refractivity contribution in [2.75, 3.05) is 39.2 Å². The van der Waals surface area contributed by atoms with E-state index in [-0.39, 0.29) is 11.8 Å².